The molecule has 3 aliphatic carbocycles. The minimum Gasteiger partial charge on any atom is -0.494 e. The first-order chi connectivity index (χ1) is 13.1. The van der Waals surface area contributed by atoms with Crippen LogP contribution in [0, 0.1) is 10.8 Å². The Labute approximate surface area is 164 Å². The number of hydrogen-bond donors (Lipinski definition) is 0. The van der Waals surface area contributed by atoms with Gasteiger partial charge < -0.3 is 9.47 Å². The summed E-state index contributed by atoms with van der Waals surface area (Å²) in [4.78, 5) is 13.0. The molecule has 3 nitrogen and oxygen atoms in total. The van der Waals surface area contributed by atoms with Gasteiger partial charge in [0, 0.05) is 0 Å². The molecule has 0 amide bonds. The molecule has 0 heterocycles. The number of ether oxygens (including phenoxy) is 2. The third-order valence-electron chi connectivity index (χ3n) is 6.95. The van der Waals surface area contributed by atoms with E-state index < -0.39 is 0 Å². The highest BCUT2D eigenvalue weighted by molar-refractivity contribution is 5.79. The summed E-state index contributed by atoms with van der Waals surface area (Å²) in [5.41, 5.74) is 0.289. The molecular formula is C24H36O3. The van der Waals surface area contributed by atoms with Crippen molar-refractivity contribution in [3.05, 3.63) is 24.3 Å². The smallest absolute Gasteiger partial charge is 0.317 e. The maximum Gasteiger partial charge on any atom is 0.317 e. The first-order valence-electron chi connectivity index (χ1n) is 11.1. The van der Waals surface area contributed by atoms with Crippen LogP contribution in [0.4, 0.5) is 0 Å². The maximum atomic E-state index is 13.0. The van der Waals surface area contributed by atoms with Crippen molar-refractivity contribution in [1.29, 1.82) is 0 Å². The van der Waals surface area contributed by atoms with Gasteiger partial charge in [0.15, 0.2) is 0 Å². The van der Waals surface area contributed by atoms with Crippen molar-refractivity contribution in [3.63, 3.8) is 0 Å². The molecule has 0 saturated heterocycles. The van der Waals surface area contributed by atoms with Gasteiger partial charge in [-0.2, -0.15) is 0 Å². The normalized spacial score (nSPS) is 26.7. The SMILES string of the molecule is CCCCCC12CCC(C(=O)Oc3ccc(OCCCC)cc3)(CC1)CC2. The number of unbranched alkanes of at least 4 members (excludes halogenated alkanes) is 3. The topological polar surface area (TPSA) is 35.5 Å². The number of carbonyl (C=O) groups is 1. The number of benzene rings is 1. The highest BCUT2D eigenvalue weighted by Crippen LogP contribution is 2.59. The largest absolute Gasteiger partial charge is 0.494 e. The molecule has 0 unspecified atom stereocenters. The van der Waals surface area contributed by atoms with E-state index in [4.69, 9.17) is 9.47 Å². The number of esters is 1. The Balaban J connectivity index is 1.52. The molecule has 3 aliphatic rings. The third-order valence-corrected chi connectivity index (χ3v) is 6.95. The summed E-state index contributed by atoms with van der Waals surface area (Å²) in [6, 6.07) is 7.51. The first kappa shape index (κ1) is 20.2. The molecule has 0 aromatic heterocycles. The Morgan fingerprint density at radius 1 is 0.852 bits per heavy atom. The molecule has 150 valence electrons. The Bertz CT molecular complexity index is 580. The van der Waals surface area contributed by atoms with Crippen molar-refractivity contribution < 1.29 is 14.3 Å². The van der Waals surface area contributed by atoms with Gasteiger partial charge in [0.05, 0.1) is 12.0 Å². The molecule has 0 radical (unpaired) electrons. The molecule has 1 aromatic rings. The number of rotatable bonds is 10. The van der Waals surface area contributed by atoms with Crippen molar-refractivity contribution in [1.82, 2.24) is 0 Å². The zero-order valence-electron chi connectivity index (χ0n) is 17.2. The molecular weight excluding hydrogens is 336 g/mol. The summed E-state index contributed by atoms with van der Waals surface area (Å²) >= 11 is 0. The van der Waals surface area contributed by atoms with Gasteiger partial charge in [-0.1, -0.05) is 39.5 Å². The van der Waals surface area contributed by atoms with Crippen LogP contribution < -0.4 is 9.47 Å². The van der Waals surface area contributed by atoms with Crippen molar-refractivity contribution in [3.8, 4) is 11.5 Å². The summed E-state index contributed by atoms with van der Waals surface area (Å²) < 4.78 is 11.5. The fraction of sp³-hybridized carbons (Fsp3) is 0.708. The zero-order valence-corrected chi connectivity index (χ0v) is 17.2. The summed E-state index contributed by atoms with van der Waals surface area (Å²) in [5.74, 6) is 1.47. The summed E-state index contributed by atoms with van der Waals surface area (Å²) in [6.07, 6.45) is 14.1. The van der Waals surface area contributed by atoms with Crippen LogP contribution in [0.2, 0.25) is 0 Å². The maximum absolute atomic E-state index is 13.0. The highest BCUT2D eigenvalue weighted by atomic mass is 16.5. The first-order valence-corrected chi connectivity index (χ1v) is 11.1. The van der Waals surface area contributed by atoms with Gasteiger partial charge in [0.2, 0.25) is 0 Å². The minimum absolute atomic E-state index is 0.0102. The average molecular weight is 373 g/mol. The second kappa shape index (κ2) is 9.12. The van der Waals surface area contributed by atoms with Crippen molar-refractivity contribution >= 4 is 5.97 Å². The molecule has 0 N–H and O–H groups in total. The molecule has 2 bridgehead atoms. The van der Waals surface area contributed by atoms with Gasteiger partial charge in [-0.25, -0.2) is 0 Å². The quantitative estimate of drug-likeness (QED) is 0.261. The predicted octanol–water partition coefficient (Wildman–Crippen LogP) is 6.69. The molecule has 0 atom stereocenters. The van der Waals surface area contributed by atoms with Crippen LogP contribution in [0.15, 0.2) is 24.3 Å². The van der Waals surface area contributed by atoms with Gasteiger partial charge in [-0.3, -0.25) is 4.79 Å². The monoisotopic (exact) mass is 372 g/mol. The molecule has 3 heteroatoms. The molecule has 4 rings (SSSR count). The second-order valence-electron chi connectivity index (χ2n) is 8.80. The van der Waals surface area contributed by atoms with Crippen LogP contribution in [0.5, 0.6) is 11.5 Å². The van der Waals surface area contributed by atoms with E-state index in [-0.39, 0.29) is 11.4 Å². The Morgan fingerprint density at radius 2 is 1.44 bits per heavy atom. The van der Waals surface area contributed by atoms with E-state index >= 15 is 0 Å². The fourth-order valence-electron chi connectivity index (χ4n) is 4.85. The predicted molar refractivity (Wildman–Crippen MR) is 109 cm³/mol. The van der Waals surface area contributed by atoms with Crippen LogP contribution >= 0.6 is 0 Å². The Hall–Kier alpha value is -1.51. The highest BCUT2D eigenvalue weighted by Gasteiger charge is 2.52. The lowest BCUT2D eigenvalue weighted by Crippen LogP contribution is -2.47. The van der Waals surface area contributed by atoms with E-state index in [1.807, 2.05) is 24.3 Å². The standard InChI is InChI=1S/C24H36O3/c1-3-5-7-12-23-13-16-24(17-14-23,18-15-23)22(25)27-21-10-8-20(9-11-21)26-19-6-4-2/h8-11H,3-7,12-19H2,1-2H3. The zero-order chi connectivity index (χ0) is 19.2. The Kier molecular flexibility index (Phi) is 6.83. The molecule has 3 fully saturated rings. The van der Waals surface area contributed by atoms with Gasteiger partial charge in [0.1, 0.15) is 11.5 Å². The van der Waals surface area contributed by atoms with Crippen molar-refractivity contribution in [2.45, 2.75) is 90.9 Å². The lowest BCUT2D eigenvalue weighted by molar-refractivity contribution is -0.156. The fourth-order valence-corrected chi connectivity index (χ4v) is 4.85. The second-order valence-corrected chi connectivity index (χ2v) is 8.80. The average Bonchev–Trinajstić information content (AvgIpc) is 2.71. The number of fused-ring (bicyclic) bond motifs is 3. The van der Waals surface area contributed by atoms with Crippen molar-refractivity contribution in [2.24, 2.45) is 10.8 Å². The molecule has 1 aromatic carbocycles. The molecule has 27 heavy (non-hydrogen) atoms. The summed E-state index contributed by atoms with van der Waals surface area (Å²) in [7, 11) is 0. The molecule has 3 saturated carbocycles. The molecule has 0 aliphatic heterocycles. The van der Waals surface area contributed by atoms with E-state index in [2.05, 4.69) is 13.8 Å². The van der Waals surface area contributed by atoms with Gasteiger partial charge in [-0.05, 0) is 81.0 Å². The third kappa shape index (κ3) is 4.86. The molecule has 0 spiro atoms. The van der Waals surface area contributed by atoms with Crippen LogP contribution in [0.3, 0.4) is 0 Å². The van der Waals surface area contributed by atoms with Crippen LogP contribution in [-0.2, 0) is 4.79 Å². The van der Waals surface area contributed by atoms with E-state index in [1.54, 1.807) is 0 Å². The summed E-state index contributed by atoms with van der Waals surface area (Å²) in [6.45, 7) is 5.15. The number of hydrogen-bond acceptors (Lipinski definition) is 3. The van der Waals surface area contributed by atoms with Gasteiger partial charge >= 0.3 is 5.97 Å². The van der Waals surface area contributed by atoms with E-state index in [0.29, 0.717) is 11.2 Å². The van der Waals surface area contributed by atoms with E-state index in [1.165, 1.54) is 44.9 Å². The van der Waals surface area contributed by atoms with Gasteiger partial charge in [-0.15, -0.1) is 0 Å². The van der Waals surface area contributed by atoms with Crippen LogP contribution in [-0.4, -0.2) is 12.6 Å². The Morgan fingerprint density at radius 3 is 2.04 bits per heavy atom. The van der Waals surface area contributed by atoms with Crippen molar-refractivity contribution in [2.75, 3.05) is 6.61 Å². The minimum atomic E-state index is -0.233. The summed E-state index contributed by atoms with van der Waals surface area (Å²) in [5, 5.41) is 0. The van der Waals surface area contributed by atoms with Crippen LogP contribution in [0.25, 0.3) is 0 Å². The number of carbonyl (C=O) groups excluding carboxylic acids is 1. The lowest BCUT2D eigenvalue weighted by atomic mass is 9.52. The lowest BCUT2D eigenvalue weighted by Gasteiger charge is -2.52. The van der Waals surface area contributed by atoms with E-state index in [0.717, 1.165) is 44.5 Å². The van der Waals surface area contributed by atoms with E-state index in [9.17, 15) is 4.79 Å². The van der Waals surface area contributed by atoms with Crippen LogP contribution in [0.1, 0.15) is 90.9 Å². The van der Waals surface area contributed by atoms with Gasteiger partial charge in [0.25, 0.3) is 0 Å².